The number of ether oxygens (including phenoxy) is 2. The van der Waals surface area contributed by atoms with Crippen molar-refractivity contribution in [1.82, 2.24) is 10.6 Å². The zero-order valence-electron chi connectivity index (χ0n) is 13.2. The molecule has 1 aromatic rings. The summed E-state index contributed by atoms with van der Waals surface area (Å²) in [5.41, 5.74) is 0.595. The molecule has 21 heavy (non-hydrogen) atoms. The molecule has 0 aliphatic carbocycles. The lowest BCUT2D eigenvalue weighted by molar-refractivity contribution is 0.0868. The van der Waals surface area contributed by atoms with Crippen LogP contribution in [0.2, 0.25) is 0 Å². The zero-order chi connectivity index (χ0) is 15.5. The number of benzene rings is 1. The minimum absolute atomic E-state index is 0.0386. The van der Waals surface area contributed by atoms with Gasteiger partial charge in [0.25, 0.3) is 5.91 Å². The van der Waals surface area contributed by atoms with Gasteiger partial charge in [0.05, 0.1) is 14.2 Å². The number of rotatable bonds is 4. The second-order valence-electron chi connectivity index (χ2n) is 6.08. The quantitative estimate of drug-likeness (QED) is 0.889. The number of amides is 1. The molecule has 2 rings (SSSR count). The molecule has 1 atom stereocenters. The van der Waals surface area contributed by atoms with Crippen LogP contribution < -0.4 is 20.1 Å². The molecule has 1 amide bonds. The van der Waals surface area contributed by atoms with Gasteiger partial charge in [-0.05, 0) is 30.5 Å². The second kappa shape index (κ2) is 6.35. The number of hydrogen-bond acceptors (Lipinski definition) is 4. The van der Waals surface area contributed by atoms with E-state index in [1.54, 1.807) is 32.4 Å². The fourth-order valence-corrected chi connectivity index (χ4v) is 2.62. The van der Waals surface area contributed by atoms with E-state index in [9.17, 15) is 4.79 Å². The topological polar surface area (TPSA) is 59.6 Å². The van der Waals surface area contributed by atoms with Crippen LogP contribution in [0.25, 0.3) is 0 Å². The Morgan fingerprint density at radius 2 is 1.86 bits per heavy atom. The maximum absolute atomic E-state index is 12.5. The first-order valence-electron chi connectivity index (χ1n) is 7.21. The van der Waals surface area contributed by atoms with Crippen molar-refractivity contribution in [2.45, 2.75) is 26.3 Å². The van der Waals surface area contributed by atoms with Gasteiger partial charge in [0.1, 0.15) is 11.5 Å². The number of carbonyl (C=O) groups is 1. The average Bonchev–Trinajstić information content (AvgIpc) is 2.48. The van der Waals surface area contributed by atoms with Gasteiger partial charge in [-0.3, -0.25) is 4.79 Å². The first-order valence-corrected chi connectivity index (χ1v) is 7.21. The molecule has 1 fully saturated rings. The smallest absolute Gasteiger partial charge is 0.251 e. The zero-order valence-corrected chi connectivity index (χ0v) is 13.2. The van der Waals surface area contributed by atoms with Crippen molar-refractivity contribution in [3.05, 3.63) is 23.8 Å². The summed E-state index contributed by atoms with van der Waals surface area (Å²) in [6.45, 7) is 6.15. The van der Waals surface area contributed by atoms with Crippen molar-refractivity contribution >= 4 is 5.91 Å². The Morgan fingerprint density at radius 3 is 2.38 bits per heavy atom. The van der Waals surface area contributed by atoms with E-state index in [0.29, 0.717) is 17.1 Å². The fraction of sp³-hybridized carbons (Fsp3) is 0.562. The number of nitrogens with one attached hydrogen (secondary N) is 2. The van der Waals surface area contributed by atoms with Crippen molar-refractivity contribution in [2.24, 2.45) is 5.41 Å². The van der Waals surface area contributed by atoms with Crippen molar-refractivity contribution in [2.75, 3.05) is 27.3 Å². The van der Waals surface area contributed by atoms with E-state index in [1.807, 2.05) is 0 Å². The van der Waals surface area contributed by atoms with Gasteiger partial charge in [0.2, 0.25) is 0 Å². The Morgan fingerprint density at radius 1 is 1.24 bits per heavy atom. The number of methoxy groups -OCH3 is 2. The van der Waals surface area contributed by atoms with Gasteiger partial charge in [-0.15, -0.1) is 0 Å². The Balaban J connectivity index is 2.16. The number of piperidine rings is 1. The maximum Gasteiger partial charge on any atom is 0.251 e. The van der Waals surface area contributed by atoms with Crippen molar-refractivity contribution < 1.29 is 14.3 Å². The van der Waals surface area contributed by atoms with E-state index in [2.05, 4.69) is 24.5 Å². The molecule has 0 bridgehead atoms. The van der Waals surface area contributed by atoms with Crippen LogP contribution >= 0.6 is 0 Å². The highest BCUT2D eigenvalue weighted by molar-refractivity contribution is 5.95. The molecule has 0 saturated carbocycles. The van der Waals surface area contributed by atoms with E-state index in [0.717, 1.165) is 19.5 Å². The minimum Gasteiger partial charge on any atom is -0.497 e. The summed E-state index contributed by atoms with van der Waals surface area (Å²) < 4.78 is 10.4. The van der Waals surface area contributed by atoms with Crippen LogP contribution in [0.15, 0.2) is 18.2 Å². The summed E-state index contributed by atoms with van der Waals surface area (Å²) in [5.74, 6) is 1.14. The molecule has 2 N–H and O–H groups in total. The first-order chi connectivity index (χ1) is 9.96. The third-order valence-electron chi connectivity index (χ3n) is 4.05. The van der Waals surface area contributed by atoms with Crippen LogP contribution in [0.5, 0.6) is 11.5 Å². The fourth-order valence-electron chi connectivity index (χ4n) is 2.62. The van der Waals surface area contributed by atoms with E-state index >= 15 is 0 Å². The standard InChI is InChI=1S/C16H24N2O3/c1-16(2)10-17-6-5-14(16)18-15(19)11-7-12(20-3)9-13(8-11)21-4/h7-9,14,17H,5-6,10H2,1-4H3,(H,18,19). The average molecular weight is 292 g/mol. The van der Waals surface area contributed by atoms with Crippen LogP contribution in [0.4, 0.5) is 0 Å². The van der Waals surface area contributed by atoms with Gasteiger partial charge in [0, 0.05) is 24.2 Å². The van der Waals surface area contributed by atoms with Gasteiger partial charge in [-0.25, -0.2) is 0 Å². The van der Waals surface area contributed by atoms with Crippen LogP contribution in [0, 0.1) is 5.41 Å². The molecule has 0 aromatic heterocycles. The van der Waals surface area contributed by atoms with Crippen LogP contribution in [-0.2, 0) is 0 Å². The van der Waals surface area contributed by atoms with Gasteiger partial charge in [-0.1, -0.05) is 13.8 Å². The highest BCUT2D eigenvalue weighted by atomic mass is 16.5. The molecule has 1 unspecified atom stereocenters. The van der Waals surface area contributed by atoms with Crippen LogP contribution in [0.3, 0.4) is 0 Å². The van der Waals surface area contributed by atoms with Crippen molar-refractivity contribution in [3.63, 3.8) is 0 Å². The molecule has 1 aromatic carbocycles. The Bertz CT molecular complexity index is 492. The molecular weight excluding hydrogens is 268 g/mol. The van der Waals surface area contributed by atoms with E-state index in [-0.39, 0.29) is 17.4 Å². The molecule has 116 valence electrons. The Hall–Kier alpha value is -1.75. The molecule has 1 saturated heterocycles. The molecule has 5 heteroatoms. The van der Waals surface area contributed by atoms with Gasteiger partial charge in [0.15, 0.2) is 0 Å². The van der Waals surface area contributed by atoms with Crippen molar-refractivity contribution in [3.8, 4) is 11.5 Å². The second-order valence-corrected chi connectivity index (χ2v) is 6.08. The lowest BCUT2D eigenvalue weighted by Crippen LogP contribution is -2.54. The highest BCUT2D eigenvalue weighted by Crippen LogP contribution is 2.26. The molecular formula is C16H24N2O3. The van der Waals surface area contributed by atoms with Gasteiger partial charge >= 0.3 is 0 Å². The third kappa shape index (κ3) is 3.67. The molecule has 5 nitrogen and oxygen atoms in total. The normalized spacial score (nSPS) is 20.7. The van der Waals surface area contributed by atoms with Crippen LogP contribution in [-0.4, -0.2) is 39.3 Å². The Labute approximate surface area is 126 Å². The summed E-state index contributed by atoms with van der Waals surface area (Å²) in [6, 6.07) is 5.37. The summed E-state index contributed by atoms with van der Waals surface area (Å²) >= 11 is 0. The summed E-state index contributed by atoms with van der Waals surface area (Å²) in [7, 11) is 3.15. The molecule has 0 spiro atoms. The van der Waals surface area contributed by atoms with Gasteiger partial charge in [-0.2, -0.15) is 0 Å². The molecule has 1 aliphatic heterocycles. The number of hydrogen-bond donors (Lipinski definition) is 2. The van der Waals surface area contributed by atoms with E-state index in [4.69, 9.17) is 9.47 Å². The molecule has 1 aliphatic rings. The third-order valence-corrected chi connectivity index (χ3v) is 4.05. The number of carbonyl (C=O) groups excluding carboxylic acids is 1. The van der Waals surface area contributed by atoms with E-state index in [1.165, 1.54) is 0 Å². The lowest BCUT2D eigenvalue weighted by atomic mass is 9.80. The largest absolute Gasteiger partial charge is 0.497 e. The Kier molecular flexibility index (Phi) is 4.73. The highest BCUT2D eigenvalue weighted by Gasteiger charge is 2.33. The summed E-state index contributed by atoms with van der Waals surface area (Å²) in [6.07, 6.45) is 0.930. The van der Waals surface area contributed by atoms with Gasteiger partial charge < -0.3 is 20.1 Å². The molecule has 0 radical (unpaired) electrons. The first kappa shape index (κ1) is 15.6. The predicted octanol–water partition coefficient (Wildman–Crippen LogP) is 1.82. The monoisotopic (exact) mass is 292 g/mol. The molecule has 1 heterocycles. The summed E-state index contributed by atoms with van der Waals surface area (Å²) in [4.78, 5) is 12.5. The predicted molar refractivity (Wildman–Crippen MR) is 82.1 cm³/mol. The van der Waals surface area contributed by atoms with E-state index < -0.39 is 0 Å². The minimum atomic E-state index is -0.0906. The lowest BCUT2D eigenvalue weighted by Gasteiger charge is -2.39. The SMILES string of the molecule is COc1cc(OC)cc(C(=O)NC2CCNCC2(C)C)c1. The maximum atomic E-state index is 12.5. The summed E-state index contributed by atoms with van der Waals surface area (Å²) in [5, 5.41) is 6.50. The van der Waals surface area contributed by atoms with Crippen LogP contribution in [0.1, 0.15) is 30.6 Å². The van der Waals surface area contributed by atoms with Crippen molar-refractivity contribution in [1.29, 1.82) is 0 Å².